The number of amides is 1. The van der Waals surface area contributed by atoms with Crippen molar-refractivity contribution < 1.29 is 4.79 Å². The first kappa shape index (κ1) is 13.5. The second kappa shape index (κ2) is 5.80. The van der Waals surface area contributed by atoms with Crippen LogP contribution in [0.4, 0.5) is 0 Å². The molecule has 2 aromatic rings. The lowest BCUT2D eigenvalue weighted by Crippen LogP contribution is -2.26. The molecule has 4 nitrogen and oxygen atoms in total. The van der Waals surface area contributed by atoms with E-state index in [1.165, 1.54) is 0 Å². The number of nitrogens with one attached hydrogen (secondary N) is 1. The molecule has 2 rings (SSSR count). The third-order valence-corrected chi connectivity index (χ3v) is 3.11. The fraction of sp³-hybridized carbons (Fsp3) is 0.333. The van der Waals surface area contributed by atoms with Crippen LogP contribution < -0.4 is 11.1 Å². The standard InChI is InChI=1S/C15H19N3O/c1-3-17-14(9-15(16)19)12-6-7-13-11(8-12)5-4-10(2)18-13/h4-8,14,17H,3,9H2,1-2H3,(H2,16,19). The van der Waals surface area contributed by atoms with Gasteiger partial charge in [0, 0.05) is 23.5 Å². The van der Waals surface area contributed by atoms with Crippen LogP contribution in [0.5, 0.6) is 0 Å². The average Bonchev–Trinajstić information content (AvgIpc) is 2.37. The highest BCUT2D eigenvalue weighted by molar-refractivity contribution is 5.80. The zero-order valence-corrected chi connectivity index (χ0v) is 11.3. The van der Waals surface area contributed by atoms with Crippen molar-refractivity contribution in [1.29, 1.82) is 0 Å². The Balaban J connectivity index is 2.37. The van der Waals surface area contributed by atoms with Gasteiger partial charge in [0.2, 0.25) is 5.91 Å². The number of fused-ring (bicyclic) bond motifs is 1. The maximum absolute atomic E-state index is 11.1. The van der Waals surface area contributed by atoms with Crippen molar-refractivity contribution in [2.75, 3.05) is 6.54 Å². The summed E-state index contributed by atoms with van der Waals surface area (Å²) in [5.74, 6) is -0.298. The lowest BCUT2D eigenvalue weighted by atomic mass is 10.0. The fourth-order valence-corrected chi connectivity index (χ4v) is 2.22. The number of carbonyl (C=O) groups excluding carboxylic acids is 1. The number of hydrogen-bond donors (Lipinski definition) is 2. The predicted octanol–water partition coefficient (Wildman–Crippen LogP) is 2.07. The Labute approximate surface area is 113 Å². The number of primary amides is 1. The minimum atomic E-state index is -0.298. The van der Waals surface area contributed by atoms with E-state index in [-0.39, 0.29) is 11.9 Å². The lowest BCUT2D eigenvalue weighted by molar-refractivity contribution is -0.118. The highest BCUT2D eigenvalue weighted by Crippen LogP contribution is 2.21. The van der Waals surface area contributed by atoms with Crippen molar-refractivity contribution in [3.63, 3.8) is 0 Å². The Morgan fingerprint density at radius 1 is 1.37 bits per heavy atom. The molecule has 0 aliphatic carbocycles. The monoisotopic (exact) mass is 257 g/mol. The number of aromatic nitrogens is 1. The van der Waals surface area contributed by atoms with Gasteiger partial charge in [0.1, 0.15) is 0 Å². The Hall–Kier alpha value is -1.94. The molecule has 100 valence electrons. The van der Waals surface area contributed by atoms with Crippen LogP contribution in [0.25, 0.3) is 10.9 Å². The molecule has 4 heteroatoms. The van der Waals surface area contributed by atoms with Gasteiger partial charge in [-0.05, 0) is 37.2 Å². The highest BCUT2D eigenvalue weighted by Gasteiger charge is 2.13. The van der Waals surface area contributed by atoms with Crippen LogP contribution in [-0.2, 0) is 4.79 Å². The maximum atomic E-state index is 11.1. The van der Waals surface area contributed by atoms with Gasteiger partial charge in [0.25, 0.3) is 0 Å². The van der Waals surface area contributed by atoms with E-state index in [1.807, 2.05) is 32.0 Å². The summed E-state index contributed by atoms with van der Waals surface area (Å²) in [6, 6.07) is 10.1. The number of carbonyl (C=O) groups is 1. The minimum absolute atomic E-state index is 0.0341. The van der Waals surface area contributed by atoms with Crippen molar-refractivity contribution >= 4 is 16.8 Å². The van der Waals surface area contributed by atoms with Gasteiger partial charge in [-0.15, -0.1) is 0 Å². The van der Waals surface area contributed by atoms with Gasteiger partial charge in [-0.3, -0.25) is 9.78 Å². The first-order valence-corrected chi connectivity index (χ1v) is 6.49. The van der Waals surface area contributed by atoms with E-state index in [1.54, 1.807) is 0 Å². The van der Waals surface area contributed by atoms with Crippen molar-refractivity contribution in [2.45, 2.75) is 26.3 Å². The third kappa shape index (κ3) is 3.29. The van der Waals surface area contributed by atoms with Gasteiger partial charge in [0.05, 0.1) is 5.52 Å². The number of nitrogens with zero attached hydrogens (tertiary/aromatic N) is 1. The molecule has 0 saturated carbocycles. The summed E-state index contributed by atoms with van der Waals surface area (Å²) in [4.78, 5) is 15.6. The molecule has 1 unspecified atom stereocenters. The Morgan fingerprint density at radius 2 is 2.16 bits per heavy atom. The maximum Gasteiger partial charge on any atom is 0.219 e. The number of hydrogen-bond acceptors (Lipinski definition) is 3. The Morgan fingerprint density at radius 3 is 2.84 bits per heavy atom. The minimum Gasteiger partial charge on any atom is -0.370 e. The molecule has 1 heterocycles. The predicted molar refractivity (Wildman–Crippen MR) is 76.7 cm³/mol. The molecule has 3 N–H and O–H groups in total. The van der Waals surface area contributed by atoms with E-state index < -0.39 is 0 Å². The molecule has 1 aromatic carbocycles. The molecule has 1 aromatic heterocycles. The van der Waals surface area contributed by atoms with E-state index in [0.29, 0.717) is 6.42 Å². The summed E-state index contributed by atoms with van der Waals surface area (Å²) in [6.45, 7) is 4.78. The second-order valence-corrected chi connectivity index (χ2v) is 4.69. The molecule has 1 atom stereocenters. The van der Waals surface area contributed by atoms with Crippen LogP contribution >= 0.6 is 0 Å². The van der Waals surface area contributed by atoms with E-state index in [9.17, 15) is 4.79 Å². The number of aryl methyl sites for hydroxylation is 1. The Bertz CT molecular complexity index is 595. The summed E-state index contributed by atoms with van der Waals surface area (Å²) in [5, 5.41) is 4.36. The van der Waals surface area contributed by atoms with Crippen LogP contribution in [-0.4, -0.2) is 17.4 Å². The molecule has 0 bridgehead atoms. The first-order chi connectivity index (χ1) is 9.10. The van der Waals surface area contributed by atoms with E-state index in [0.717, 1.165) is 28.7 Å². The molecule has 0 saturated heterocycles. The van der Waals surface area contributed by atoms with Crippen LogP contribution in [0, 0.1) is 6.92 Å². The van der Waals surface area contributed by atoms with Gasteiger partial charge in [-0.2, -0.15) is 0 Å². The molecule has 0 radical (unpaired) electrons. The van der Waals surface area contributed by atoms with Crippen molar-refractivity contribution in [1.82, 2.24) is 10.3 Å². The smallest absolute Gasteiger partial charge is 0.219 e. The van der Waals surface area contributed by atoms with E-state index >= 15 is 0 Å². The first-order valence-electron chi connectivity index (χ1n) is 6.49. The van der Waals surface area contributed by atoms with Gasteiger partial charge in [-0.25, -0.2) is 0 Å². The molecule has 0 spiro atoms. The van der Waals surface area contributed by atoms with Gasteiger partial charge < -0.3 is 11.1 Å². The molecular formula is C15H19N3O. The van der Waals surface area contributed by atoms with Crippen LogP contribution in [0.1, 0.15) is 30.6 Å². The SMILES string of the molecule is CCNC(CC(N)=O)c1ccc2nc(C)ccc2c1. The average molecular weight is 257 g/mol. The summed E-state index contributed by atoms with van der Waals surface area (Å²) < 4.78 is 0. The summed E-state index contributed by atoms with van der Waals surface area (Å²) in [6.07, 6.45) is 0.304. The molecule has 0 fully saturated rings. The van der Waals surface area contributed by atoms with Crippen LogP contribution in [0.2, 0.25) is 0 Å². The summed E-state index contributed by atoms with van der Waals surface area (Å²) in [5.41, 5.74) is 8.34. The number of benzene rings is 1. The molecular weight excluding hydrogens is 238 g/mol. The van der Waals surface area contributed by atoms with Gasteiger partial charge >= 0.3 is 0 Å². The van der Waals surface area contributed by atoms with Crippen molar-refractivity contribution in [3.8, 4) is 0 Å². The second-order valence-electron chi connectivity index (χ2n) is 4.69. The quantitative estimate of drug-likeness (QED) is 0.861. The molecule has 0 aliphatic rings. The van der Waals surface area contributed by atoms with Crippen LogP contribution in [0.15, 0.2) is 30.3 Å². The lowest BCUT2D eigenvalue weighted by Gasteiger charge is -2.17. The van der Waals surface area contributed by atoms with Gasteiger partial charge in [0.15, 0.2) is 0 Å². The number of rotatable bonds is 5. The third-order valence-electron chi connectivity index (χ3n) is 3.11. The molecule has 19 heavy (non-hydrogen) atoms. The molecule has 1 amide bonds. The highest BCUT2D eigenvalue weighted by atomic mass is 16.1. The van der Waals surface area contributed by atoms with E-state index in [4.69, 9.17) is 5.73 Å². The Kier molecular flexibility index (Phi) is 4.12. The fourth-order valence-electron chi connectivity index (χ4n) is 2.22. The van der Waals surface area contributed by atoms with Gasteiger partial charge in [-0.1, -0.05) is 19.1 Å². The number of pyridine rings is 1. The van der Waals surface area contributed by atoms with Crippen LogP contribution in [0.3, 0.4) is 0 Å². The van der Waals surface area contributed by atoms with E-state index in [2.05, 4.69) is 22.4 Å². The normalized spacial score (nSPS) is 12.5. The van der Waals surface area contributed by atoms with Crippen molar-refractivity contribution in [2.24, 2.45) is 5.73 Å². The number of nitrogens with two attached hydrogens (primary N) is 1. The largest absolute Gasteiger partial charge is 0.370 e. The zero-order valence-electron chi connectivity index (χ0n) is 11.3. The topological polar surface area (TPSA) is 68.0 Å². The van der Waals surface area contributed by atoms with Crippen molar-refractivity contribution in [3.05, 3.63) is 41.6 Å². The zero-order chi connectivity index (χ0) is 13.8. The molecule has 0 aliphatic heterocycles. The summed E-state index contributed by atoms with van der Waals surface area (Å²) in [7, 11) is 0. The summed E-state index contributed by atoms with van der Waals surface area (Å²) >= 11 is 0.